The molecule has 2 rings (SSSR count). The van der Waals surface area contributed by atoms with Crippen LogP contribution in [0.15, 0.2) is 20.9 Å². The van der Waals surface area contributed by atoms with Crippen molar-refractivity contribution >= 4 is 46.4 Å². The van der Waals surface area contributed by atoms with Gasteiger partial charge in [-0.2, -0.15) is 0 Å². The molecular formula is C17H25N5O2S3. The van der Waals surface area contributed by atoms with Gasteiger partial charge in [-0.05, 0) is 27.2 Å². The third-order valence-corrected chi connectivity index (χ3v) is 6.84. The fraction of sp³-hybridized carbons (Fsp3) is 0.529. The van der Waals surface area contributed by atoms with Crippen molar-refractivity contribution in [3.05, 3.63) is 27.2 Å². The minimum Gasteiger partial charge on any atom is -0.462 e. The predicted molar refractivity (Wildman–Crippen MR) is 113 cm³/mol. The van der Waals surface area contributed by atoms with Crippen molar-refractivity contribution in [3.8, 4) is 0 Å². The molecule has 0 saturated heterocycles. The van der Waals surface area contributed by atoms with Crippen LogP contribution in [0.25, 0.3) is 0 Å². The number of hydrogen-bond acceptors (Lipinski definition) is 8. The van der Waals surface area contributed by atoms with Crippen molar-refractivity contribution in [3.63, 3.8) is 0 Å². The molecule has 1 atom stereocenters. The molecule has 0 spiro atoms. The molecule has 1 unspecified atom stereocenters. The molecule has 2 aromatic rings. The number of ether oxygens (including phenoxy) is 1. The molecule has 0 aromatic carbocycles. The molecule has 0 aliphatic rings. The predicted octanol–water partition coefficient (Wildman–Crippen LogP) is 3.49. The molecule has 0 saturated carbocycles. The normalized spacial score (nSPS) is 12.7. The van der Waals surface area contributed by atoms with E-state index in [1.807, 2.05) is 25.4 Å². The minimum atomic E-state index is -0.314. The molecule has 0 amide bonds. The maximum Gasteiger partial charge on any atom is 0.350 e. The SMILES string of the molecule is CCOC(=O)c1sc(C(C)NC(=NC)NCCCSc2nccs2)nc1C. The smallest absolute Gasteiger partial charge is 0.350 e. The maximum absolute atomic E-state index is 12.0. The van der Waals surface area contributed by atoms with Crippen LogP contribution in [0.3, 0.4) is 0 Å². The fourth-order valence-corrected chi connectivity index (χ4v) is 4.78. The van der Waals surface area contributed by atoms with Crippen LogP contribution in [0.1, 0.15) is 46.7 Å². The van der Waals surface area contributed by atoms with E-state index in [-0.39, 0.29) is 12.0 Å². The van der Waals surface area contributed by atoms with Gasteiger partial charge in [-0.15, -0.1) is 22.7 Å². The zero-order valence-corrected chi connectivity index (χ0v) is 18.4. The highest BCUT2D eigenvalue weighted by Gasteiger charge is 2.20. The summed E-state index contributed by atoms with van der Waals surface area (Å²) in [5.41, 5.74) is 0.698. The number of thioether (sulfide) groups is 1. The number of thiazole rings is 2. The van der Waals surface area contributed by atoms with Gasteiger partial charge in [-0.1, -0.05) is 11.8 Å². The summed E-state index contributed by atoms with van der Waals surface area (Å²) in [5.74, 6) is 1.40. The number of aromatic nitrogens is 2. The van der Waals surface area contributed by atoms with Crippen molar-refractivity contribution in [1.82, 2.24) is 20.6 Å². The van der Waals surface area contributed by atoms with Crippen LogP contribution >= 0.6 is 34.4 Å². The van der Waals surface area contributed by atoms with Gasteiger partial charge in [0.05, 0.1) is 18.3 Å². The number of carbonyl (C=O) groups excluding carboxylic acids is 1. The molecule has 7 nitrogen and oxygen atoms in total. The Morgan fingerprint density at radius 2 is 2.30 bits per heavy atom. The average molecular weight is 428 g/mol. The van der Waals surface area contributed by atoms with Gasteiger partial charge in [0, 0.05) is 30.9 Å². The van der Waals surface area contributed by atoms with Crippen molar-refractivity contribution in [2.75, 3.05) is 26.0 Å². The quantitative estimate of drug-likeness (QED) is 0.208. The van der Waals surface area contributed by atoms with Crippen molar-refractivity contribution in [2.24, 2.45) is 4.99 Å². The Morgan fingerprint density at radius 3 is 2.96 bits per heavy atom. The molecular weight excluding hydrogens is 402 g/mol. The monoisotopic (exact) mass is 427 g/mol. The summed E-state index contributed by atoms with van der Waals surface area (Å²) < 4.78 is 6.18. The minimum absolute atomic E-state index is 0.0622. The lowest BCUT2D eigenvalue weighted by molar-refractivity contribution is 0.0531. The molecule has 2 N–H and O–H groups in total. The number of aryl methyl sites for hydroxylation is 1. The Kier molecular flexibility index (Phi) is 9.02. The lowest BCUT2D eigenvalue weighted by Crippen LogP contribution is -2.39. The van der Waals surface area contributed by atoms with Gasteiger partial charge in [-0.3, -0.25) is 4.99 Å². The average Bonchev–Trinajstić information content (AvgIpc) is 3.30. The van der Waals surface area contributed by atoms with E-state index in [0.29, 0.717) is 23.1 Å². The molecule has 2 heterocycles. The van der Waals surface area contributed by atoms with Gasteiger partial charge < -0.3 is 15.4 Å². The molecule has 0 fully saturated rings. The van der Waals surface area contributed by atoms with Gasteiger partial charge >= 0.3 is 5.97 Å². The van der Waals surface area contributed by atoms with E-state index in [0.717, 1.165) is 28.1 Å². The Balaban J connectivity index is 1.79. The highest BCUT2D eigenvalue weighted by molar-refractivity contribution is 8.00. The largest absolute Gasteiger partial charge is 0.462 e. The third-order valence-electron chi connectivity index (χ3n) is 3.47. The summed E-state index contributed by atoms with van der Waals surface area (Å²) in [6.45, 7) is 6.79. The summed E-state index contributed by atoms with van der Waals surface area (Å²) >= 11 is 4.78. The molecule has 0 radical (unpaired) electrons. The van der Waals surface area contributed by atoms with Crippen LogP contribution in [0.5, 0.6) is 0 Å². The summed E-state index contributed by atoms with van der Waals surface area (Å²) in [6.07, 6.45) is 2.83. The molecule has 2 aromatic heterocycles. The van der Waals surface area contributed by atoms with E-state index in [2.05, 4.69) is 25.6 Å². The Bertz CT molecular complexity index is 746. The second-order valence-corrected chi connectivity index (χ2v) is 8.82. The maximum atomic E-state index is 12.0. The summed E-state index contributed by atoms with van der Waals surface area (Å²) in [4.78, 5) is 25.5. The van der Waals surface area contributed by atoms with Crippen LogP contribution in [0.4, 0.5) is 0 Å². The lowest BCUT2D eigenvalue weighted by atomic mass is 10.3. The van der Waals surface area contributed by atoms with Gasteiger partial charge in [0.15, 0.2) is 5.96 Å². The van der Waals surface area contributed by atoms with E-state index in [9.17, 15) is 4.79 Å². The first-order chi connectivity index (χ1) is 13.0. The van der Waals surface area contributed by atoms with Crippen molar-refractivity contribution < 1.29 is 9.53 Å². The Hall–Kier alpha value is -1.65. The molecule has 0 aliphatic carbocycles. The second-order valence-electron chi connectivity index (χ2n) is 5.55. The van der Waals surface area contributed by atoms with E-state index < -0.39 is 0 Å². The first-order valence-electron chi connectivity index (χ1n) is 8.69. The highest BCUT2D eigenvalue weighted by Crippen LogP contribution is 2.24. The van der Waals surface area contributed by atoms with Crippen LogP contribution in [-0.4, -0.2) is 47.8 Å². The van der Waals surface area contributed by atoms with Crippen LogP contribution in [0.2, 0.25) is 0 Å². The Morgan fingerprint density at radius 1 is 1.48 bits per heavy atom. The van der Waals surface area contributed by atoms with Crippen LogP contribution < -0.4 is 10.6 Å². The second kappa shape index (κ2) is 11.3. The molecule has 27 heavy (non-hydrogen) atoms. The van der Waals surface area contributed by atoms with Crippen LogP contribution in [0, 0.1) is 6.92 Å². The number of nitrogens with zero attached hydrogens (tertiary/aromatic N) is 3. The zero-order valence-electron chi connectivity index (χ0n) is 15.9. The fourth-order valence-electron chi connectivity index (χ4n) is 2.17. The molecule has 0 aliphatic heterocycles. The van der Waals surface area contributed by atoms with E-state index >= 15 is 0 Å². The molecule has 0 bridgehead atoms. The van der Waals surface area contributed by atoms with Gasteiger partial charge in [0.1, 0.15) is 14.2 Å². The van der Waals surface area contributed by atoms with Gasteiger partial charge in [0.25, 0.3) is 0 Å². The lowest BCUT2D eigenvalue weighted by Gasteiger charge is -2.16. The first-order valence-corrected chi connectivity index (χ1v) is 11.4. The highest BCUT2D eigenvalue weighted by atomic mass is 32.2. The molecule has 148 valence electrons. The van der Waals surface area contributed by atoms with Gasteiger partial charge in [0.2, 0.25) is 0 Å². The first kappa shape index (κ1) is 21.6. The van der Waals surface area contributed by atoms with Crippen molar-refractivity contribution in [2.45, 2.75) is 37.6 Å². The topological polar surface area (TPSA) is 88.5 Å². The number of guanidine groups is 1. The number of rotatable bonds is 9. The van der Waals surface area contributed by atoms with Crippen molar-refractivity contribution in [1.29, 1.82) is 0 Å². The number of nitrogens with one attached hydrogen (secondary N) is 2. The van der Waals surface area contributed by atoms with E-state index in [1.165, 1.54) is 11.3 Å². The van der Waals surface area contributed by atoms with E-state index in [1.54, 1.807) is 37.1 Å². The summed E-state index contributed by atoms with van der Waals surface area (Å²) in [7, 11) is 1.74. The molecule has 10 heteroatoms. The number of hydrogen-bond donors (Lipinski definition) is 2. The Labute approximate surface area is 172 Å². The standard InChI is InChI=1S/C17H25N5O2S3/c1-5-24-15(23)13-11(2)21-14(27-13)12(3)22-16(18-4)19-7-6-9-25-17-20-8-10-26-17/h8,10,12H,5-7,9H2,1-4H3,(H2,18,19,22). The van der Waals surface area contributed by atoms with Gasteiger partial charge in [-0.25, -0.2) is 14.8 Å². The van der Waals surface area contributed by atoms with E-state index in [4.69, 9.17) is 4.74 Å². The summed E-state index contributed by atoms with van der Waals surface area (Å²) in [6, 6.07) is -0.0622. The third kappa shape index (κ3) is 6.78. The van der Waals surface area contributed by atoms with Crippen LogP contribution in [-0.2, 0) is 4.74 Å². The summed E-state index contributed by atoms with van der Waals surface area (Å²) in [5, 5.41) is 9.44. The zero-order chi connectivity index (χ0) is 19.6. The number of carbonyl (C=O) groups is 1. The number of esters is 1. The number of aliphatic imine (C=N–C) groups is 1.